The van der Waals surface area contributed by atoms with Crippen molar-refractivity contribution in [2.45, 2.75) is 6.92 Å². The van der Waals surface area contributed by atoms with Crippen LogP contribution < -0.4 is 10.2 Å². The number of hydrogen-bond acceptors (Lipinski definition) is 5. The number of phenolic OH excluding ortho intramolecular Hbond substituents is 1. The lowest BCUT2D eigenvalue weighted by Gasteiger charge is -2.08. The Morgan fingerprint density at radius 1 is 1.31 bits per heavy atom. The SMILES string of the molecule is CCOc1cc(/C=N/NC(=O)c2cc3cc(Cl)ccc3o2)cc(Cl)c1O. The first-order valence-electron chi connectivity index (χ1n) is 7.65. The molecule has 0 aliphatic heterocycles. The number of hydrogen-bond donors (Lipinski definition) is 2. The van der Waals surface area contributed by atoms with Crippen molar-refractivity contribution < 1.29 is 19.1 Å². The van der Waals surface area contributed by atoms with Crippen LogP contribution in [0.15, 0.2) is 45.9 Å². The van der Waals surface area contributed by atoms with Gasteiger partial charge in [-0.2, -0.15) is 5.10 Å². The normalized spacial score (nSPS) is 11.2. The predicted octanol–water partition coefficient (Wildman–Crippen LogP) is 4.61. The van der Waals surface area contributed by atoms with Gasteiger partial charge < -0.3 is 14.3 Å². The van der Waals surface area contributed by atoms with E-state index in [1.165, 1.54) is 12.3 Å². The Balaban J connectivity index is 1.74. The summed E-state index contributed by atoms with van der Waals surface area (Å²) in [6, 6.07) is 9.70. The highest BCUT2D eigenvalue weighted by Gasteiger charge is 2.12. The lowest BCUT2D eigenvalue weighted by atomic mass is 10.2. The van der Waals surface area contributed by atoms with E-state index >= 15 is 0 Å². The van der Waals surface area contributed by atoms with E-state index in [2.05, 4.69) is 10.5 Å². The minimum absolute atomic E-state index is 0.109. The molecule has 0 bridgehead atoms. The minimum Gasteiger partial charge on any atom is -0.503 e. The summed E-state index contributed by atoms with van der Waals surface area (Å²) >= 11 is 11.9. The van der Waals surface area contributed by atoms with Crippen LogP contribution in [0.1, 0.15) is 23.0 Å². The van der Waals surface area contributed by atoms with Gasteiger partial charge in [-0.25, -0.2) is 5.43 Å². The Labute approximate surface area is 159 Å². The highest BCUT2D eigenvalue weighted by Crippen LogP contribution is 2.34. The number of fused-ring (bicyclic) bond motifs is 1. The molecule has 3 rings (SSSR count). The van der Waals surface area contributed by atoms with Crippen LogP contribution in [0.5, 0.6) is 11.5 Å². The minimum atomic E-state index is -0.511. The number of carbonyl (C=O) groups is 1. The zero-order chi connectivity index (χ0) is 18.7. The maximum absolute atomic E-state index is 12.1. The highest BCUT2D eigenvalue weighted by atomic mass is 35.5. The third-order valence-electron chi connectivity index (χ3n) is 3.43. The molecule has 0 saturated carbocycles. The third kappa shape index (κ3) is 3.92. The number of furan rings is 1. The molecule has 1 aromatic heterocycles. The molecule has 26 heavy (non-hydrogen) atoms. The largest absolute Gasteiger partial charge is 0.503 e. The molecular formula is C18H14Cl2N2O4. The van der Waals surface area contributed by atoms with Crippen molar-refractivity contribution in [3.05, 3.63) is 57.8 Å². The van der Waals surface area contributed by atoms with E-state index in [1.807, 2.05) is 0 Å². The number of ether oxygens (including phenoxy) is 1. The Hall–Kier alpha value is -2.70. The first-order valence-corrected chi connectivity index (χ1v) is 8.41. The highest BCUT2D eigenvalue weighted by molar-refractivity contribution is 6.32. The molecule has 0 unspecified atom stereocenters. The van der Waals surface area contributed by atoms with E-state index in [1.54, 1.807) is 37.3 Å². The Bertz CT molecular complexity index is 998. The van der Waals surface area contributed by atoms with Crippen molar-refractivity contribution in [3.8, 4) is 11.5 Å². The van der Waals surface area contributed by atoms with Crippen molar-refractivity contribution in [3.63, 3.8) is 0 Å². The summed E-state index contributed by atoms with van der Waals surface area (Å²) in [5.41, 5.74) is 3.47. The Morgan fingerprint density at radius 3 is 2.88 bits per heavy atom. The number of halogens is 2. The number of phenols is 1. The van der Waals surface area contributed by atoms with Gasteiger partial charge in [0.25, 0.3) is 0 Å². The third-order valence-corrected chi connectivity index (χ3v) is 3.96. The van der Waals surface area contributed by atoms with Crippen LogP contribution in [-0.2, 0) is 0 Å². The van der Waals surface area contributed by atoms with Crippen LogP contribution in [0, 0.1) is 0 Å². The second-order valence-electron chi connectivity index (χ2n) is 5.27. The molecule has 8 heteroatoms. The van der Waals surface area contributed by atoms with Gasteiger partial charge in [0.2, 0.25) is 0 Å². The van der Waals surface area contributed by atoms with E-state index in [-0.39, 0.29) is 22.3 Å². The molecule has 3 aromatic rings. The molecule has 1 amide bonds. The summed E-state index contributed by atoms with van der Waals surface area (Å²) in [6.07, 6.45) is 1.38. The van der Waals surface area contributed by atoms with Gasteiger partial charge in [-0.3, -0.25) is 4.79 Å². The maximum Gasteiger partial charge on any atom is 0.307 e. The monoisotopic (exact) mass is 392 g/mol. The molecular weight excluding hydrogens is 379 g/mol. The Morgan fingerprint density at radius 2 is 2.12 bits per heavy atom. The van der Waals surface area contributed by atoms with Gasteiger partial charge in [-0.05, 0) is 48.9 Å². The zero-order valence-electron chi connectivity index (χ0n) is 13.6. The Kier molecular flexibility index (Phi) is 5.35. The second-order valence-corrected chi connectivity index (χ2v) is 6.12. The van der Waals surface area contributed by atoms with Gasteiger partial charge in [0.1, 0.15) is 5.58 Å². The molecule has 0 aliphatic rings. The van der Waals surface area contributed by atoms with Crippen LogP contribution >= 0.6 is 23.2 Å². The van der Waals surface area contributed by atoms with Crippen molar-refractivity contribution in [2.24, 2.45) is 5.10 Å². The number of benzene rings is 2. The topological polar surface area (TPSA) is 84.1 Å². The van der Waals surface area contributed by atoms with E-state index in [0.29, 0.717) is 22.8 Å². The molecule has 0 spiro atoms. The number of nitrogens with one attached hydrogen (secondary N) is 1. The molecule has 134 valence electrons. The summed E-state index contributed by atoms with van der Waals surface area (Å²) in [5, 5.41) is 15.1. The molecule has 0 saturated heterocycles. The van der Waals surface area contributed by atoms with E-state index in [4.69, 9.17) is 32.4 Å². The first kappa shape index (κ1) is 18.1. The summed E-state index contributed by atoms with van der Waals surface area (Å²) in [4.78, 5) is 12.1. The van der Waals surface area contributed by atoms with Gasteiger partial charge >= 0.3 is 5.91 Å². The molecule has 0 fully saturated rings. The van der Waals surface area contributed by atoms with Gasteiger partial charge in [0, 0.05) is 10.4 Å². The molecule has 6 nitrogen and oxygen atoms in total. The predicted molar refractivity (Wildman–Crippen MR) is 101 cm³/mol. The first-order chi connectivity index (χ1) is 12.5. The van der Waals surface area contributed by atoms with Gasteiger partial charge in [-0.15, -0.1) is 0 Å². The summed E-state index contributed by atoms with van der Waals surface area (Å²) in [6.45, 7) is 2.16. The molecule has 1 heterocycles. The van der Waals surface area contributed by atoms with E-state index in [0.717, 1.165) is 5.39 Å². The zero-order valence-corrected chi connectivity index (χ0v) is 15.1. The quantitative estimate of drug-likeness (QED) is 0.490. The van der Waals surface area contributed by atoms with Crippen LogP contribution in [0.25, 0.3) is 11.0 Å². The van der Waals surface area contributed by atoms with Gasteiger partial charge in [0.15, 0.2) is 17.3 Å². The number of hydrazone groups is 1. The summed E-state index contributed by atoms with van der Waals surface area (Å²) in [7, 11) is 0. The lowest BCUT2D eigenvalue weighted by molar-refractivity contribution is 0.0929. The number of carbonyl (C=O) groups excluding carboxylic acids is 1. The number of rotatable bonds is 5. The number of aromatic hydroxyl groups is 1. The van der Waals surface area contributed by atoms with Crippen LogP contribution in [0.3, 0.4) is 0 Å². The van der Waals surface area contributed by atoms with Crippen LogP contribution in [0.2, 0.25) is 10.0 Å². The lowest BCUT2D eigenvalue weighted by Crippen LogP contribution is -2.16. The second kappa shape index (κ2) is 7.68. The maximum atomic E-state index is 12.1. The van der Waals surface area contributed by atoms with Crippen LogP contribution in [-0.4, -0.2) is 23.8 Å². The fraction of sp³-hybridized carbons (Fsp3) is 0.111. The van der Waals surface area contributed by atoms with Gasteiger partial charge in [-0.1, -0.05) is 23.2 Å². The van der Waals surface area contributed by atoms with Crippen molar-refractivity contribution >= 4 is 46.3 Å². The molecule has 0 aliphatic carbocycles. The molecule has 2 N–H and O–H groups in total. The average molecular weight is 393 g/mol. The number of nitrogens with zero attached hydrogens (tertiary/aromatic N) is 1. The number of amides is 1. The molecule has 0 atom stereocenters. The van der Waals surface area contributed by atoms with Crippen molar-refractivity contribution in [2.75, 3.05) is 6.61 Å². The van der Waals surface area contributed by atoms with Crippen LogP contribution in [0.4, 0.5) is 0 Å². The molecule has 2 aromatic carbocycles. The average Bonchev–Trinajstić information content (AvgIpc) is 3.02. The smallest absolute Gasteiger partial charge is 0.307 e. The standard InChI is InChI=1S/C18H14Cl2N2O4/c1-2-25-15-6-10(5-13(20)17(15)23)9-21-22-18(24)16-8-11-7-12(19)3-4-14(11)26-16/h3-9,23H,2H2,1H3,(H,22,24)/b21-9+. The fourth-order valence-corrected chi connectivity index (χ4v) is 2.68. The van der Waals surface area contributed by atoms with Gasteiger partial charge in [0.05, 0.1) is 17.8 Å². The van der Waals surface area contributed by atoms with Crippen molar-refractivity contribution in [1.29, 1.82) is 0 Å². The van der Waals surface area contributed by atoms with E-state index in [9.17, 15) is 9.90 Å². The van der Waals surface area contributed by atoms with Crippen molar-refractivity contribution in [1.82, 2.24) is 5.43 Å². The fourth-order valence-electron chi connectivity index (χ4n) is 2.28. The summed E-state index contributed by atoms with van der Waals surface area (Å²) < 4.78 is 10.7. The summed E-state index contributed by atoms with van der Waals surface area (Å²) in [5.74, 6) is -0.306. The molecule has 0 radical (unpaired) electrons. The van der Waals surface area contributed by atoms with E-state index < -0.39 is 5.91 Å².